The molecular formula is C13H25NO2S. The highest BCUT2D eigenvalue weighted by atomic mass is 32.2. The average Bonchev–Trinajstić information content (AvgIpc) is 2.37. The van der Waals surface area contributed by atoms with Crippen LogP contribution in [0.3, 0.4) is 0 Å². The minimum atomic E-state index is 0.144. The van der Waals surface area contributed by atoms with Crippen LogP contribution >= 0.6 is 11.8 Å². The van der Waals surface area contributed by atoms with Gasteiger partial charge in [-0.05, 0) is 30.4 Å². The highest BCUT2D eigenvalue weighted by molar-refractivity contribution is 7.99. The molecule has 1 saturated carbocycles. The van der Waals surface area contributed by atoms with Crippen molar-refractivity contribution in [3.05, 3.63) is 0 Å². The molecule has 0 radical (unpaired) electrons. The highest BCUT2D eigenvalue weighted by Crippen LogP contribution is 2.22. The van der Waals surface area contributed by atoms with E-state index < -0.39 is 0 Å². The summed E-state index contributed by atoms with van der Waals surface area (Å²) in [5.74, 6) is 2.51. The maximum absolute atomic E-state index is 11.6. The summed E-state index contributed by atoms with van der Waals surface area (Å²) in [5.41, 5.74) is 0. The van der Waals surface area contributed by atoms with Gasteiger partial charge in [-0.3, -0.25) is 4.79 Å². The topological polar surface area (TPSA) is 49.3 Å². The highest BCUT2D eigenvalue weighted by Gasteiger charge is 2.14. The second kappa shape index (κ2) is 8.81. The number of aliphatic hydroxyl groups excluding tert-OH is 1. The SMILES string of the molecule is CC(CO)CSCC(=O)NCC1CCCCC1. The Morgan fingerprint density at radius 1 is 1.41 bits per heavy atom. The second-order valence-electron chi connectivity index (χ2n) is 5.11. The first kappa shape index (κ1) is 14.8. The molecule has 17 heavy (non-hydrogen) atoms. The van der Waals surface area contributed by atoms with Gasteiger partial charge in [-0.1, -0.05) is 26.2 Å². The van der Waals surface area contributed by atoms with Crippen LogP contribution in [0.4, 0.5) is 0 Å². The van der Waals surface area contributed by atoms with Gasteiger partial charge in [0.15, 0.2) is 0 Å². The number of hydrogen-bond donors (Lipinski definition) is 2. The van der Waals surface area contributed by atoms with Gasteiger partial charge in [-0.25, -0.2) is 0 Å². The first-order valence-corrected chi connectivity index (χ1v) is 7.83. The zero-order valence-corrected chi connectivity index (χ0v) is 11.6. The molecule has 0 aromatic carbocycles. The van der Waals surface area contributed by atoms with Gasteiger partial charge in [-0.15, -0.1) is 0 Å². The van der Waals surface area contributed by atoms with Crippen LogP contribution < -0.4 is 5.32 Å². The van der Waals surface area contributed by atoms with Crippen molar-refractivity contribution in [3.63, 3.8) is 0 Å². The van der Waals surface area contributed by atoms with Crippen LogP contribution in [0.2, 0.25) is 0 Å². The Morgan fingerprint density at radius 3 is 2.76 bits per heavy atom. The number of nitrogens with one attached hydrogen (secondary N) is 1. The maximum atomic E-state index is 11.6. The Morgan fingerprint density at radius 2 is 2.12 bits per heavy atom. The number of amides is 1. The molecule has 1 atom stereocenters. The van der Waals surface area contributed by atoms with E-state index >= 15 is 0 Å². The normalized spacial score (nSPS) is 18.9. The van der Waals surface area contributed by atoms with Gasteiger partial charge in [0.1, 0.15) is 0 Å². The number of aliphatic hydroxyl groups is 1. The molecule has 0 aromatic heterocycles. The Kier molecular flexibility index (Phi) is 7.69. The molecule has 1 fully saturated rings. The van der Waals surface area contributed by atoms with E-state index in [4.69, 9.17) is 5.11 Å². The smallest absolute Gasteiger partial charge is 0.230 e. The van der Waals surface area contributed by atoms with Crippen LogP contribution in [0.1, 0.15) is 39.0 Å². The molecule has 0 bridgehead atoms. The Hall–Kier alpha value is -0.220. The molecule has 0 saturated heterocycles. The van der Waals surface area contributed by atoms with Crippen molar-refractivity contribution in [1.82, 2.24) is 5.32 Å². The minimum absolute atomic E-state index is 0.144. The maximum Gasteiger partial charge on any atom is 0.230 e. The van der Waals surface area contributed by atoms with Gasteiger partial charge < -0.3 is 10.4 Å². The molecule has 4 heteroatoms. The number of rotatable bonds is 7. The van der Waals surface area contributed by atoms with Gasteiger partial charge in [0.05, 0.1) is 5.75 Å². The van der Waals surface area contributed by atoms with E-state index in [-0.39, 0.29) is 18.4 Å². The minimum Gasteiger partial charge on any atom is -0.396 e. The van der Waals surface area contributed by atoms with E-state index in [1.807, 2.05) is 6.92 Å². The second-order valence-corrected chi connectivity index (χ2v) is 6.14. The van der Waals surface area contributed by atoms with Gasteiger partial charge >= 0.3 is 0 Å². The van der Waals surface area contributed by atoms with Crippen molar-refractivity contribution in [3.8, 4) is 0 Å². The van der Waals surface area contributed by atoms with E-state index in [0.29, 0.717) is 11.7 Å². The predicted molar refractivity (Wildman–Crippen MR) is 73.2 cm³/mol. The molecule has 0 aliphatic heterocycles. The Labute approximate surface area is 109 Å². The molecule has 2 N–H and O–H groups in total. The van der Waals surface area contributed by atoms with Gasteiger partial charge in [0.25, 0.3) is 0 Å². The van der Waals surface area contributed by atoms with Gasteiger partial charge in [0, 0.05) is 13.2 Å². The van der Waals surface area contributed by atoms with Crippen LogP contribution in [0.15, 0.2) is 0 Å². The molecule has 1 rings (SSSR count). The number of thioether (sulfide) groups is 1. The number of carbonyl (C=O) groups excluding carboxylic acids is 1. The third kappa shape index (κ3) is 6.94. The van der Waals surface area contributed by atoms with Crippen LogP contribution in [0.25, 0.3) is 0 Å². The number of hydrogen-bond acceptors (Lipinski definition) is 3. The van der Waals surface area contributed by atoms with Crippen molar-refractivity contribution in [2.24, 2.45) is 11.8 Å². The molecule has 0 spiro atoms. The first-order chi connectivity index (χ1) is 8.22. The fourth-order valence-electron chi connectivity index (χ4n) is 2.11. The third-order valence-electron chi connectivity index (χ3n) is 3.26. The van der Waals surface area contributed by atoms with E-state index in [1.54, 1.807) is 11.8 Å². The van der Waals surface area contributed by atoms with Crippen molar-refractivity contribution < 1.29 is 9.90 Å². The molecule has 0 heterocycles. The fourth-order valence-corrected chi connectivity index (χ4v) is 3.02. The summed E-state index contributed by atoms with van der Waals surface area (Å²) < 4.78 is 0. The first-order valence-electron chi connectivity index (χ1n) is 6.67. The van der Waals surface area contributed by atoms with Gasteiger partial charge in [0.2, 0.25) is 5.91 Å². The molecule has 1 aliphatic rings. The Balaban J connectivity index is 2.00. The molecule has 1 unspecified atom stereocenters. The van der Waals surface area contributed by atoms with Crippen molar-refractivity contribution in [2.75, 3.05) is 24.7 Å². The molecule has 1 aliphatic carbocycles. The van der Waals surface area contributed by atoms with Gasteiger partial charge in [-0.2, -0.15) is 11.8 Å². The fraction of sp³-hybridized carbons (Fsp3) is 0.923. The van der Waals surface area contributed by atoms with Crippen LogP contribution in [0.5, 0.6) is 0 Å². The van der Waals surface area contributed by atoms with E-state index in [0.717, 1.165) is 12.3 Å². The Bertz CT molecular complexity index is 217. The summed E-state index contributed by atoms with van der Waals surface area (Å²) in [5, 5.41) is 11.9. The summed E-state index contributed by atoms with van der Waals surface area (Å²) in [6.07, 6.45) is 6.55. The monoisotopic (exact) mass is 259 g/mol. The average molecular weight is 259 g/mol. The summed E-state index contributed by atoms with van der Waals surface area (Å²) in [6.45, 7) is 3.05. The zero-order valence-electron chi connectivity index (χ0n) is 10.8. The lowest BCUT2D eigenvalue weighted by Crippen LogP contribution is -2.31. The standard InChI is InChI=1S/C13H25NO2S/c1-11(8-15)9-17-10-13(16)14-7-12-5-3-2-4-6-12/h11-12,15H,2-10H2,1H3,(H,14,16). The molecule has 100 valence electrons. The summed E-state index contributed by atoms with van der Waals surface area (Å²) in [6, 6.07) is 0. The molecular weight excluding hydrogens is 234 g/mol. The summed E-state index contributed by atoms with van der Waals surface area (Å²) >= 11 is 1.61. The van der Waals surface area contributed by atoms with Crippen molar-refractivity contribution >= 4 is 17.7 Å². The lowest BCUT2D eigenvalue weighted by molar-refractivity contribution is -0.118. The predicted octanol–water partition coefficient (Wildman–Crippen LogP) is 2.04. The summed E-state index contributed by atoms with van der Waals surface area (Å²) in [4.78, 5) is 11.6. The van der Waals surface area contributed by atoms with E-state index in [9.17, 15) is 4.79 Å². The third-order valence-corrected chi connectivity index (χ3v) is 4.53. The largest absolute Gasteiger partial charge is 0.396 e. The van der Waals surface area contributed by atoms with Crippen LogP contribution in [0, 0.1) is 11.8 Å². The molecule has 1 amide bonds. The quantitative estimate of drug-likeness (QED) is 0.735. The van der Waals surface area contributed by atoms with E-state index in [1.165, 1.54) is 32.1 Å². The number of carbonyl (C=O) groups is 1. The molecule has 3 nitrogen and oxygen atoms in total. The zero-order chi connectivity index (χ0) is 12.5. The lowest BCUT2D eigenvalue weighted by atomic mass is 9.89. The van der Waals surface area contributed by atoms with E-state index in [2.05, 4.69) is 5.32 Å². The van der Waals surface area contributed by atoms with Crippen molar-refractivity contribution in [1.29, 1.82) is 0 Å². The molecule has 0 aromatic rings. The summed E-state index contributed by atoms with van der Waals surface area (Å²) in [7, 11) is 0. The van der Waals surface area contributed by atoms with Crippen molar-refractivity contribution in [2.45, 2.75) is 39.0 Å². The lowest BCUT2D eigenvalue weighted by Gasteiger charge is -2.21. The van der Waals surface area contributed by atoms with Crippen LogP contribution in [-0.2, 0) is 4.79 Å². The van der Waals surface area contributed by atoms with Crippen LogP contribution in [-0.4, -0.2) is 35.7 Å².